The molecule has 2 N–H and O–H groups in total. The topological polar surface area (TPSA) is 43.1 Å². The summed E-state index contributed by atoms with van der Waals surface area (Å²) in [5.41, 5.74) is 5.31. The van der Waals surface area contributed by atoms with Gasteiger partial charge in [-0.25, -0.2) is 0 Å². The van der Waals surface area contributed by atoms with Gasteiger partial charge in [-0.2, -0.15) is 0 Å². The van der Waals surface area contributed by atoms with E-state index in [1.165, 1.54) is 0 Å². The van der Waals surface area contributed by atoms with E-state index in [9.17, 15) is 8.60 Å². The highest BCUT2D eigenvalue weighted by molar-refractivity contribution is 7.85. The van der Waals surface area contributed by atoms with Crippen LogP contribution in [0.3, 0.4) is 0 Å². The fraction of sp³-hybridized carbons (Fsp3) is 1.00. The molecule has 0 bridgehead atoms. The largest absolute Gasteiger partial charge is 0.327 e. The van der Waals surface area contributed by atoms with E-state index in [0.29, 0.717) is 5.75 Å². The summed E-state index contributed by atoms with van der Waals surface area (Å²) in [5, 5.41) is 0. The normalized spacial score (nSPS) is 17.2. The molecule has 0 aliphatic carbocycles. The molecule has 0 saturated heterocycles. The fourth-order valence-corrected chi connectivity index (χ4v) is 1.39. The lowest BCUT2D eigenvalue weighted by molar-refractivity contribution is 0.528. The van der Waals surface area contributed by atoms with Gasteiger partial charge in [0, 0.05) is 22.6 Å². The summed E-state index contributed by atoms with van der Waals surface area (Å²) in [7, 11) is -1.05. The monoisotopic (exact) mass is 153 g/mol. The number of nitrogens with two attached hydrogens (primary N) is 1. The second kappa shape index (κ2) is 4.88. The molecule has 0 spiro atoms. The predicted octanol–water partition coefficient (Wildman–Crippen LogP) is 0.0518. The molecule has 0 aliphatic heterocycles. The molecule has 0 rings (SSSR count). The number of alkyl halides is 1. The molecule has 0 aromatic carbocycles. The van der Waals surface area contributed by atoms with Crippen LogP contribution in [0.25, 0.3) is 0 Å². The van der Waals surface area contributed by atoms with Gasteiger partial charge in [0.1, 0.15) is 6.67 Å². The fourth-order valence-electron chi connectivity index (χ4n) is 0.463. The van der Waals surface area contributed by atoms with E-state index < -0.39 is 17.5 Å². The second-order valence-electron chi connectivity index (χ2n) is 1.98. The predicted molar refractivity (Wildman–Crippen MR) is 37.5 cm³/mol. The summed E-state index contributed by atoms with van der Waals surface area (Å²) >= 11 is 0. The summed E-state index contributed by atoms with van der Waals surface area (Å²) < 4.78 is 22.1. The van der Waals surface area contributed by atoms with E-state index in [0.717, 1.165) is 0 Å². The number of hydrogen-bond donors (Lipinski definition) is 1. The minimum absolute atomic E-state index is 0.0858. The van der Waals surface area contributed by atoms with Crippen LogP contribution in [0, 0.1) is 0 Å². The van der Waals surface area contributed by atoms with Crippen molar-refractivity contribution >= 4 is 10.8 Å². The maximum absolute atomic E-state index is 11.5. The number of rotatable bonds is 4. The van der Waals surface area contributed by atoms with Gasteiger partial charge in [-0.1, -0.05) is 0 Å². The Morgan fingerprint density at radius 1 is 1.78 bits per heavy atom. The van der Waals surface area contributed by atoms with Crippen molar-refractivity contribution in [1.29, 1.82) is 0 Å². The zero-order valence-electron chi connectivity index (χ0n) is 5.47. The summed E-state index contributed by atoms with van der Waals surface area (Å²) in [5.74, 6) is 0.533. The van der Waals surface area contributed by atoms with Crippen LogP contribution in [0.1, 0.15) is 6.92 Å². The van der Waals surface area contributed by atoms with E-state index >= 15 is 0 Å². The lowest BCUT2D eigenvalue weighted by Crippen LogP contribution is -2.24. The van der Waals surface area contributed by atoms with Crippen molar-refractivity contribution in [3.8, 4) is 0 Å². The Labute approximate surface area is 57.1 Å². The molecule has 9 heavy (non-hydrogen) atoms. The van der Waals surface area contributed by atoms with E-state index in [4.69, 9.17) is 5.73 Å². The minimum atomic E-state index is -1.05. The van der Waals surface area contributed by atoms with Gasteiger partial charge < -0.3 is 5.73 Å². The molecule has 0 aliphatic rings. The molecule has 2 nitrogen and oxygen atoms in total. The van der Waals surface area contributed by atoms with Crippen molar-refractivity contribution in [2.45, 2.75) is 13.0 Å². The molecule has 4 heteroatoms. The van der Waals surface area contributed by atoms with Crippen molar-refractivity contribution in [2.24, 2.45) is 5.73 Å². The Morgan fingerprint density at radius 2 is 2.33 bits per heavy atom. The third-order valence-electron chi connectivity index (χ3n) is 0.754. The van der Waals surface area contributed by atoms with Gasteiger partial charge in [-0.3, -0.25) is 8.60 Å². The summed E-state index contributed by atoms with van der Waals surface area (Å²) in [4.78, 5) is 0. The summed E-state index contributed by atoms with van der Waals surface area (Å²) in [6.45, 7) is 1.25. The van der Waals surface area contributed by atoms with Crippen LogP contribution in [-0.2, 0) is 10.8 Å². The van der Waals surface area contributed by atoms with Crippen molar-refractivity contribution in [3.63, 3.8) is 0 Å². The Kier molecular flexibility index (Phi) is 4.90. The Balaban J connectivity index is 3.27. The standard InChI is InChI=1S/C5H12FNOS/c1-5(7)4-9(8)3-2-6/h5H,2-4,7H2,1H3. The lowest BCUT2D eigenvalue weighted by atomic mass is 10.4. The zero-order chi connectivity index (χ0) is 7.28. The highest BCUT2D eigenvalue weighted by Gasteiger charge is 2.01. The van der Waals surface area contributed by atoms with Gasteiger partial charge in [0.15, 0.2) is 0 Å². The van der Waals surface area contributed by atoms with Crippen LogP contribution in [0.2, 0.25) is 0 Å². The van der Waals surface area contributed by atoms with Gasteiger partial charge in [-0.15, -0.1) is 0 Å². The van der Waals surface area contributed by atoms with Crippen LogP contribution < -0.4 is 5.73 Å². The van der Waals surface area contributed by atoms with Crippen LogP contribution in [-0.4, -0.2) is 28.4 Å². The molecule has 0 aromatic rings. The first-order chi connectivity index (χ1) is 4.16. The first kappa shape index (κ1) is 9.04. The Morgan fingerprint density at radius 3 is 2.67 bits per heavy atom. The minimum Gasteiger partial charge on any atom is -0.327 e. The molecule has 0 saturated carbocycles. The van der Waals surface area contributed by atoms with Crippen LogP contribution in [0.4, 0.5) is 4.39 Å². The molecule has 2 unspecified atom stereocenters. The van der Waals surface area contributed by atoms with Crippen molar-refractivity contribution < 1.29 is 8.60 Å². The lowest BCUT2D eigenvalue weighted by Gasteiger charge is -2.01. The molecule has 0 aromatic heterocycles. The molecule has 2 atom stereocenters. The molecule has 0 amide bonds. The van der Waals surface area contributed by atoms with E-state index in [1.54, 1.807) is 6.92 Å². The van der Waals surface area contributed by atoms with E-state index in [-0.39, 0.29) is 11.8 Å². The van der Waals surface area contributed by atoms with Crippen LogP contribution in [0.5, 0.6) is 0 Å². The Hall–Kier alpha value is 0.0400. The van der Waals surface area contributed by atoms with Crippen molar-refractivity contribution in [2.75, 3.05) is 18.2 Å². The average Bonchev–Trinajstić information content (AvgIpc) is 1.63. The summed E-state index contributed by atoms with van der Waals surface area (Å²) in [6, 6.07) is -0.0858. The molecule has 0 fully saturated rings. The van der Waals surface area contributed by atoms with Crippen LogP contribution in [0.15, 0.2) is 0 Å². The first-order valence-corrected chi connectivity index (χ1v) is 4.32. The second-order valence-corrected chi connectivity index (χ2v) is 3.60. The molecule has 0 heterocycles. The first-order valence-electron chi connectivity index (χ1n) is 2.83. The van der Waals surface area contributed by atoms with Gasteiger partial charge in [-0.05, 0) is 6.92 Å². The SMILES string of the molecule is CC(N)CS(=O)CCF. The van der Waals surface area contributed by atoms with Crippen molar-refractivity contribution in [1.82, 2.24) is 0 Å². The third-order valence-corrected chi connectivity index (χ3v) is 2.26. The highest BCUT2D eigenvalue weighted by Crippen LogP contribution is 1.85. The van der Waals surface area contributed by atoms with Crippen molar-refractivity contribution in [3.05, 3.63) is 0 Å². The number of hydrogen-bond acceptors (Lipinski definition) is 2. The summed E-state index contributed by atoms with van der Waals surface area (Å²) in [6.07, 6.45) is 0. The maximum Gasteiger partial charge on any atom is 0.101 e. The average molecular weight is 153 g/mol. The molecular weight excluding hydrogens is 141 g/mol. The highest BCUT2D eigenvalue weighted by atomic mass is 32.2. The molecular formula is C5H12FNOS. The zero-order valence-corrected chi connectivity index (χ0v) is 6.29. The van der Waals surface area contributed by atoms with Gasteiger partial charge in [0.2, 0.25) is 0 Å². The van der Waals surface area contributed by atoms with Gasteiger partial charge in [0.05, 0.1) is 5.75 Å². The van der Waals surface area contributed by atoms with E-state index in [2.05, 4.69) is 0 Å². The molecule has 0 radical (unpaired) electrons. The third kappa shape index (κ3) is 5.92. The molecule has 56 valence electrons. The van der Waals surface area contributed by atoms with Crippen LogP contribution >= 0.6 is 0 Å². The Bertz CT molecular complexity index is 97.0. The number of halogens is 1. The van der Waals surface area contributed by atoms with Gasteiger partial charge >= 0.3 is 0 Å². The maximum atomic E-state index is 11.5. The quantitative estimate of drug-likeness (QED) is 0.620. The van der Waals surface area contributed by atoms with E-state index in [1.807, 2.05) is 0 Å². The van der Waals surface area contributed by atoms with Gasteiger partial charge in [0.25, 0.3) is 0 Å². The smallest absolute Gasteiger partial charge is 0.101 e.